The van der Waals surface area contributed by atoms with Gasteiger partial charge < -0.3 is 0 Å². The Morgan fingerprint density at radius 2 is 0.969 bits per heavy atom. The van der Waals surface area contributed by atoms with Gasteiger partial charge in [0.05, 0.1) is 0 Å². The van der Waals surface area contributed by atoms with Crippen molar-refractivity contribution < 1.29 is 0 Å². The van der Waals surface area contributed by atoms with E-state index in [1.807, 2.05) is 12.1 Å². The maximum absolute atomic E-state index is 6.21. The molecule has 0 nitrogen and oxygen atoms in total. The van der Waals surface area contributed by atoms with Gasteiger partial charge in [-0.2, -0.15) is 0 Å². The smallest absolute Gasteiger partial charge is 0.0843 e. The van der Waals surface area contributed by atoms with Crippen LogP contribution in [0.5, 0.6) is 0 Å². The number of benzene rings is 5. The Labute approximate surface area is 194 Å². The van der Waals surface area contributed by atoms with Crippen molar-refractivity contribution in [2.75, 3.05) is 0 Å². The molecule has 6 rings (SSSR count). The Morgan fingerprint density at radius 1 is 0.438 bits per heavy atom. The second-order valence-electron chi connectivity index (χ2n) is 8.26. The standard InChI is InChI=1S/C30H21ClSi/c31-23-20-18-22(19-21-23)26-15-9-17-29-30(26)27-14-7-8-16-28(27)32(29,24-10-3-1-4-11-24)25-12-5-2-6-13-25/h1-21H. The van der Waals surface area contributed by atoms with Gasteiger partial charge in [-0.1, -0.05) is 127 Å². The summed E-state index contributed by atoms with van der Waals surface area (Å²) in [5, 5.41) is 6.53. The van der Waals surface area contributed by atoms with E-state index >= 15 is 0 Å². The molecule has 1 aliphatic heterocycles. The highest BCUT2D eigenvalue weighted by Crippen LogP contribution is 2.36. The van der Waals surface area contributed by atoms with Crippen molar-refractivity contribution in [3.63, 3.8) is 0 Å². The van der Waals surface area contributed by atoms with Gasteiger partial charge in [-0.3, -0.25) is 0 Å². The summed E-state index contributed by atoms with van der Waals surface area (Å²) in [6.45, 7) is 0. The molecule has 32 heavy (non-hydrogen) atoms. The van der Waals surface area contributed by atoms with Gasteiger partial charge in [0.2, 0.25) is 0 Å². The molecule has 0 saturated heterocycles. The van der Waals surface area contributed by atoms with Crippen molar-refractivity contribution in [2.45, 2.75) is 0 Å². The van der Waals surface area contributed by atoms with E-state index in [0.717, 1.165) is 5.02 Å². The average Bonchev–Trinajstić information content (AvgIpc) is 3.17. The van der Waals surface area contributed by atoms with E-state index < -0.39 is 8.07 Å². The number of fused-ring (bicyclic) bond motifs is 3. The van der Waals surface area contributed by atoms with E-state index in [4.69, 9.17) is 11.6 Å². The Bertz CT molecular complexity index is 1370. The predicted octanol–water partition coefficient (Wildman–Crippen LogP) is 5.36. The molecule has 0 amide bonds. The van der Waals surface area contributed by atoms with Crippen molar-refractivity contribution in [3.05, 3.63) is 132 Å². The van der Waals surface area contributed by atoms with Gasteiger partial charge in [0, 0.05) is 5.02 Å². The molecule has 1 heterocycles. The summed E-state index contributed by atoms with van der Waals surface area (Å²) in [6.07, 6.45) is 0. The molecule has 0 aromatic heterocycles. The molecule has 0 saturated carbocycles. The highest BCUT2D eigenvalue weighted by molar-refractivity contribution is 7.22. The minimum absolute atomic E-state index is 0.763. The lowest BCUT2D eigenvalue weighted by atomic mass is 9.95. The second-order valence-corrected chi connectivity index (χ2v) is 12.4. The summed E-state index contributed by atoms with van der Waals surface area (Å²) in [7, 11) is -2.43. The highest BCUT2D eigenvalue weighted by atomic mass is 35.5. The van der Waals surface area contributed by atoms with E-state index in [2.05, 4.69) is 115 Å². The number of hydrogen-bond donors (Lipinski definition) is 0. The van der Waals surface area contributed by atoms with Crippen LogP contribution >= 0.6 is 11.6 Å². The lowest BCUT2D eigenvalue weighted by molar-refractivity contribution is 1.62. The highest BCUT2D eigenvalue weighted by Gasteiger charge is 2.49. The van der Waals surface area contributed by atoms with Crippen LogP contribution in [0.2, 0.25) is 5.02 Å². The first-order valence-electron chi connectivity index (χ1n) is 10.9. The van der Waals surface area contributed by atoms with E-state index in [-0.39, 0.29) is 0 Å². The van der Waals surface area contributed by atoms with Crippen LogP contribution in [0.3, 0.4) is 0 Å². The Morgan fingerprint density at radius 3 is 1.62 bits per heavy atom. The maximum atomic E-state index is 6.21. The van der Waals surface area contributed by atoms with Crippen LogP contribution in [-0.2, 0) is 0 Å². The molecule has 5 aromatic carbocycles. The Kier molecular flexibility index (Phi) is 4.60. The number of rotatable bonds is 3. The molecule has 0 radical (unpaired) electrons. The van der Waals surface area contributed by atoms with Gasteiger partial charge in [-0.25, -0.2) is 0 Å². The fraction of sp³-hybridized carbons (Fsp3) is 0. The molecule has 1 aliphatic rings. The van der Waals surface area contributed by atoms with Gasteiger partial charge >= 0.3 is 0 Å². The van der Waals surface area contributed by atoms with Crippen LogP contribution in [0.4, 0.5) is 0 Å². The molecule has 0 atom stereocenters. The first-order valence-corrected chi connectivity index (χ1v) is 13.3. The summed E-state index contributed by atoms with van der Waals surface area (Å²) < 4.78 is 0. The zero-order valence-corrected chi connectivity index (χ0v) is 19.3. The van der Waals surface area contributed by atoms with Crippen LogP contribution in [-0.4, -0.2) is 8.07 Å². The quantitative estimate of drug-likeness (QED) is 0.322. The SMILES string of the molecule is Clc1ccc(-c2cccc3c2-c2ccccc2[Si]3(c2ccccc2)c2ccccc2)cc1. The third-order valence-electron chi connectivity index (χ3n) is 6.64. The maximum Gasteiger partial charge on any atom is 0.180 e. The molecule has 0 fully saturated rings. The van der Waals surface area contributed by atoms with E-state index in [9.17, 15) is 0 Å². The van der Waals surface area contributed by atoms with Crippen LogP contribution in [0, 0.1) is 0 Å². The fourth-order valence-corrected chi connectivity index (χ4v) is 10.7. The van der Waals surface area contributed by atoms with Gasteiger partial charge in [0.25, 0.3) is 0 Å². The summed E-state index contributed by atoms with van der Waals surface area (Å²) in [5.74, 6) is 0. The lowest BCUT2D eigenvalue weighted by Crippen LogP contribution is -2.72. The molecule has 0 N–H and O–H groups in total. The first-order chi connectivity index (χ1) is 15.8. The molecule has 2 heteroatoms. The van der Waals surface area contributed by atoms with Gasteiger partial charge in [-0.15, -0.1) is 0 Å². The normalized spacial score (nSPS) is 13.4. The molecule has 152 valence electrons. The van der Waals surface area contributed by atoms with E-state index in [1.54, 1.807) is 0 Å². The zero-order valence-electron chi connectivity index (χ0n) is 17.5. The molecule has 0 aliphatic carbocycles. The first kappa shape index (κ1) is 19.3. The third-order valence-corrected chi connectivity index (χ3v) is 11.8. The molecule has 5 aromatic rings. The monoisotopic (exact) mass is 444 g/mol. The second kappa shape index (κ2) is 7.63. The minimum Gasteiger partial charge on any atom is -0.0843 e. The number of hydrogen-bond acceptors (Lipinski definition) is 0. The van der Waals surface area contributed by atoms with Crippen molar-refractivity contribution in [2.24, 2.45) is 0 Å². The van der Waals surface area contributed by atoms with E-state index in [0.29, 0.717) is 0 Å². The molecular formula is C30H21ClSi. The Hall–Kier alpha value is -3.39. The van der Waals surface area contributed by atoms with Crippen molar-refractivity contribution in [1.82, 2.24) is 0 Å². The molecule has 0 unspecified atom stereocenters. The fourth-order valence-electron chi connectivity index (χ4n) is 5.36. The minimum atomic E-state index is -2.43. The lowest BCUT2D eigenvalue weighted by Gasteiger charge is -2.31. The topological polar surface area (TPSA) is 0 Å². The average molecular weight is 445 g/mol. The van der Waals surface area contributed by atoms with Gasteiger partial charge in [0.1, 0.15) is 0 Å². The summed E-state index contributed by atoms with van der Waals surface area (Å²) >= 11 is 6.21. The Balaban J connectivity index is 1.77. The molecule has 0 bridgehead atoms. The van der Waals surface area contributed by atoms with Crippen LogP contribution in [0.1, 0.15) is 0 Å². The van der Waals surface area contributed by atoms with Gasteiger partial charge in [-0.05, 0) is 55.1 Å². The van der Waals surface area contributed by atoms with Crippen molar-refractivity contribution in [1.29, 1.82) is 0 Å². The van der Waals surface area contributed by atoms with Crippen LogP contribution < -0.4 is 20.7 Å². The zero-order chi connectivity index (χ0) is 21.5. The summed E-state index contributed by atoms with van der Waals surface area (Å²) in [4.78, 5) is 0. The summed E-state index contributed by atoms with van der Waals surface area (Å²) in [6, 6.07) is 46.3. The summed E-state index contributed by atoms with van der Waals surface area (Å²) in [5.41, 5.74) is 5.19. The van der Waals surface area contributed by atoms with Crippen molar-refractivity contribution >= 4 is 40.4 Å². The number of halogens is 1. The predicted molar refractivity (Wildman–Crippen MR) is 139 cm³/mol. The van der Waals surface area contributed by atoms with Crippen LogP contribution in [0.25, 0.3) is 22.3 Å². The third kappa shape index (κ3) is 2.75. The molecular weight excluding hydrogens is 424 g/mol. The largest absolute Gasteiger partial charge is 0.180 e. The van der Waals surface area contributed by atoms with Gasteiger partial charge in [0.15, 0.2) is 8.07 Å². The van der Waals surface area contributed by atoms with E-state index in [1.165, 1.54) is 43.0 Å². The molecule has 0 spiro atoms. The van der Waals surface area contributed by atoms with Crippen LogP contribution in [0.15, 0.2) is 127 Å². The van der Waals surface area contributed by atoms with Crippen molar-refractivity contribution in [3.8, 4) is 22.3 Å².